The predicted octanol–water partition coefficient (Wildman–Crippen LogP) is 1.99. The summed E-state index contributed by atoms with van der Waals surface area (Å²) in [5.41, 5.74) is 0.124. The van der Waals surface area contributed by atoms with Crippen LogP contribution in [0.15, 0.2) is 56.7 Å². The Morgan fingerprint density at radius 1 is 1.14 bits per heavy atom. The van der Waals surface area contributed by atoms with Crippen molar-refractivity contribution in [2.24, 2.45) is 4.40 Å². The molecule has 156 valence electrons. The number of hydrogen-bond acceptors (Lipinski definition) is 6. The highest BCUT2D eigenvalue weighted by Crippen LogP contribution is 2.34. The molecule has 0 saturated carbocycles. The third-order valence-electron chi connectivity index (χ3n) is 4.17. The Morgan fingerprint density at radius 3 is 2.38 bits per heavy atom. The molecule has 2 aromatic carbocycles. The van der Waals surface area contributed by atoms with Gasteiger partial charge in [0, 0.05) is 13.2 Å². The monoisotopic (exact) mass is 443 g/mol. The number of methoxy groups -OCH3 is 2. The lowest BCUT2D eigenvalue weighted by Gasteiger charge is -2.34. The molecule has 0 spiro atoms. The van der Waals surface area contributed by atoms with Crippen molar-refractivity contribution in [2.45, 2.75) is 22.9 Å². The van der Waals surface area contributed by atoms with Crippen molar-refractivity contribution < 1.29 is 30.7 Å². The number of sulfonamides is 2. The molecule has 0 aromatic heterocycles. The second-order valence-corrected chi connectivity index (χ2v) is 9.35. The summed E-state index contributed by atoms with van der Waals surface area (Å²) in [7, 11) is -5.91. The van der Waals surface area contributed by atoms with Gasteiger partial charge < -0.3 is 14.8 Å². The molecule has 0 aliphatic carbocycles. The van der Waals surface area contributed by atoms with E-state index in [2.05, 4.69) is 9.71 Å². The van der Waals surface area contributed by atoms with E-state index in [-0.39, 0.29) is 15.5 Å². The normalized spacial score (nSPS) is 18.1. The maximum atomic E-state index is 13.2. The summed E-state index contributed by atoms with van der Waals surface area (Å²) in [6.07, 6.45) is -1.07. The Hall–Kier alpha value is -2.70. The van der Waals surface area contributed by atoms with E-state index in [1.807, 2.05) is 0 Å². The van der Waals surface area contributed by atoms with Crippen molar-refractivity contribution in [1.82, 2.24) is 4.31 Å². The summed E-state index contributed by atoms with van der Waals surface area (Å²) in [5, 5.41) is 2.71. The molecule has 0 saturated heterocycles. The molecule has 0 amide bonds. The fourth-order valence-corrected chi connectivity index (χ4v) is 5.30. The van der Waals surface area contributed by atoms with E-state index in [0.717, 1.165) is 28.6 Å². The lowest BCUT2D eigenvalue weighted by molar-refractivity contribution is 0.0605. The maximum absolute atomic E-state index is 13.2. The Balaban J connectivity index is 2.18. The zero-order valence-electron chi connectivity index (χ0n) is 15.7. The molecule has 1 heterocycles. The summed E-state index contributed by atoms with van der Waals surface area (Å²) in [4.78, 5) is -0.421. The molecule has 12 heteroatoms. The van der Waals surface area contributed by atoms with Gasteiger partial charge in [-0.05, 0) is 43.3 Å². The molecule has 0 radical (unpaired) electrons. The number of fused-ring (bicyclic) bond motifs is 1. The quantitative estimate of drug-likeness (QED) is 0.752. The fraction of sp³-hybridized carbons (Fsp3) is 0.235. The third kappa shape index (κ3) is 3.91. The van der Waals surface area contributed by atoms with Crippen LogP contribution < -0.4 is 10.1 Å². The van der Waals surface area contributed by atoms with Gasteiger partial charge in [-0.15, -0.1) is 4.40 Å². The molecule has 0 bridgehead atoms. The maximum Gasteiger partial charge on any atom is 0.285 e. The number of nitrogens with one attached hydrogen (secondary N) is 1. The second kappa shape index (κ2) is 7.61. The first kappa shape index (κ1) is 21.0. The SMILES string of the molecule is COc1ccc2c(c1)S(=O)(=O)N(C(C)OC)/C(=N/S(=O)(=O)c1ccc(F)cc1)N2. The highest BCUT2D eigenvalue weighted by Gasteiger charge is 2.40. The molecule has 2 aromatic rings. The lowest BCUT2D eigenvalue weighted by atomic mass is 10.3. The molecular weight excluding hydrogens is 425 g/mol. The number of anilines is 1. The number of hydrogen-bond donors (Lipinski definition) is 1. The Morgan fingerprint density at radius 2 is 1.79 bits per heavy atom. The Labute approximate surface area is 167 Å². The van der Waals surface area contributed by atoms with Gasteiger partial charge in [0.2, 0.25) is 5.96 Å². The van der Waals surface area contributed by atoms with Gasteiger partial charge in [0.15, 0.2) is 0 Å². The first-order valence-electron chi connectivity index (χ1n) is 8.23. The van der Waals surface area contributed by atoms with Gasteiger partial charge in [0.1, 0.15) is 22.7 Å². The fourth-order valence-electron chi connectivity index (χ4n) is 2.64. The van der Waals surface area contributed by atoms with Gasteiger partial charge in [-0.25, -0.2) is 17.1 Å². The molecule has 0 fully saturated rings. The van der Waals surface area contributed by atoms with Crippen LogP contribution in [0.5, 0.6) is 5.75 Å². The van der Waals surface area contributed by atoms with Crippen molar-refractivity contribution in [3.63, 3.8) is 0 Å². The highest BCUT2D eigenvalue weighted by molar-refractivity contribution is 7.91. The lowest BCUT2D eigenvalue weighted by Crippen LogP contribution is -2.50. The average Bonchev–Trinajstić information content (AvgIpc) is 2.67. The molecule has 1 aliphatic rings. The van der Waals surface area contributed by atoms with E-state index in [0.29, 0.717) is 5.75 Å². The number of halogens is 1. The van der Waals surface area contributed by atoms with Gasteiger partial charge in [-0.1, -0.05) is 0 Å². The smallest absolute Gasteiger partial charge is 0.285 e. The second-order valence-electron chi connectivity index (χ2n) is 5.97. The van der Waals surface area contributed by atoms with E-state index in [4.69, 9.17) is 9.47 Å². The number of benzene rings is 2. The molecule has 1 N–H and O–H groups in total. The minimum absolute atomic E-state index is 0.124. The van der Waals surface area contributed by atoms with Gasteiger partial charge >= 0.3 is 0 Å². The number of ether oxygens (including phenoxy) is 2. The predicted molar refractivity (Wildman–Crippen MR) is 103 cm³/mol. The molecular formula is C17H18FN3O6S2. The van der Waals surface area contributed by atoms with Crippen LogP contribution in [0, 0.1) is 5.82 Å². The summed E-state index contributed by atoms with van der Waals surface area (Å²) in [5.74, 6) is -0.785. The Bertz CT molecular complexity index is 1160. The minimum atomic E-state index is -4.34. The zero-order valence-corrected chi connectivity index (χ0v) is 17.3. The minimum Gasteiger partial charge on any atom is -0.497 e. The van der Waals surface area contributed by atoms with Crippen molar-refractivity contribution in [3.05, 3.63) is 48.3 Å². The van der Waals surface area contributed by atoms with E-state index in [1.165, 1.54) is 39.3 Å². The van der Waals surface area contributed by atoms with Crippen LogP contribution in [0.3, 0.4) is 0 Å². The average molecular weight is 443 g/mol. The molecule has 9 nitrogen and oxygen atoms in total. The van der Waals surface area contributed by atoms with Gasteiger partial charge in [-0.3, -0.25) is 0 Å². The molecule has 3 rings (SSSR count). The van der Waals surface area contributed by atoms with E-state index >= 15 is 0 Å². The van der Waals surface area contributed by atoms with E-state index in [9.17, 15) is 21.2 Å². The topological polar surface area (TPSA) is 114 Å². The third-order valence-corrected chi connectivity index (χ3v) is 7.33. The first-order valence-corrected chi connectivity index (χ1v) is 11.1. The van der Waals surface area contributed by atoms with Crippen molar-refractivity contribution in [1.29, 1.82) is 0 Å². The van der Waals surface area contributed by atoms with Crippen molar-refractivity contribution in [3.8, 4) is 5.75 Å². The molecule has 1 atom stereocenters. The summed E-state index contributed by atoms with van der Waals surface area (Å²) >= 11 is 0. The molecule has 1 unspecified atom stereocenters. The van der Waals surface area contributed by atoms with Gasteiger partial charge in [0.25, 0.3) is 20.0 Å². The highest BCUT2D eigenvalue weighted by atomic mass is 32.2. The van der Waals surface area contributed by atoms with E-state index < -0.39 is 38.1 Å². The van der Waals surface area contributed by atoms with Crippen LogP contribution in [-0.4, -0.2) is 47.5 Å². The number of nitrogens with zero attached hydrogens (tertiary/aromatic N) is 2. The van der Waals surface area contributed by atoms with Crippen LogP contribution in [-0.2, 0) is 24.8 Å². The number of rotatable bonds is 5. The van der Waals surface area contributed by atoms with Gasteiger partial charge in [0.05, 0.1) is 17.7 Å². The van der Waals surface area contributed by atoms with Gasteiger partial charge in [-0.2, -0.15) is 8.42 Å². The Kier molecular flexibility index (Phi) is 5.52. The van der Waals surface area contributed by atoms with E-state index in [1.54, 1.807) is 0 Å². The van der Waals surface area contributed by atoms with Crippen LogP contribution in [0.25, 0.3) is 0 Å². The summed E-state index contributed by atoms with van der Waals surface area (Å²) in [6, 6.07) is 8.26. The molecule has 1 aliphatic heterocycles. The zero-order chi connectivity index (χ0) is 21.4. The van der Waals surface area contributed by atoms with Crippen LogP contribution in [0.2, 0.25) is 0 Å². The van der Waals surface area contributed by atoms with Crippen molar-refractivity contribution >= 4 is 31.7 Å². The van der Waals surface area contributed by atoms with Crippen LogP contribution >= 0.6 is 0 Å². The summed E-state index contributed by atoms with van der Waals surface area (Å²) < 4.78 is 79.3. The van der Waals surface area contributed by atoms with Crippen molar-refractivity contribution in [2.75, 3.05) is 19.5 Å². The largest absolute Gasteiger partial charge is 0.497 e. The number of guanidine groups is 1. The molecule has 29 heavy (non-hydrogen) atoms. The van der Waals surface area contributed by atoms with Crippen LogP contribution in [0.4, 0.5) is 10.1 Å². The van der Waals surface area contributed by atoms with Crippen LogP contribution in [0.1, 0.15) is 6.92 Å². The summed E-state index contributed by atoms with van der Waals surface area (Å²) in [6.45, 7) is 1.42. The first-order chi connectivity index (χ1) is 13.6. The standard InChI is InChI=1S/C17H18FN3O6S2/c1-11(26-2)21-17(20-28(22,23)14-7-4-12(18)5-8-14)19-15-9-6-13(27-3)10-16(15)29(21,24)25/h4-11H,1-3H3,(H,19,20).